The average Bonchev–Trinajstić information content (AvgIpc) is 2.27. The van der Waals surface area contributed by atoms with Crippen molar-refractivity contribution < 1.29 is 9.53 Å². The molecular weight excluding hydrogens is 206 g/mol. The largest absolute Gasteiger partial charge is 0.466 e. The summed E-state index contributed by atoms with van der Waals surface area (Å²) in [5.41, 5.74) is 5.22. The van der Waals surface area contributed by atoms with E-state index in [-0.39, 0.29) is 17.8 Å². The molecule has 0 aromatic carbocycles. The van der Waals surface area contributed by atoms with Gasteiger partial charge in [-0.15, -0.1) is 0 Å². The lowest BCUT2D eigenvalue weighted by atomic mass is 9.82. The average molecular weight is 227 g/mol. The van der Waals surface area contributed by atoms with Crippen molar-refractivity contribution in [3.63, 3.8) is 0 Å². The molecule has 1 fully saturated rings. The lowest BCUT2D eigenvalue weighted by Gasteiger charge is -2.27. The maximum absolute atomic E-state index is 11.5. The third-order valence-electron chi connectivity index (χ3n) is 3.05. The summed E-state index contributed by atoms with van der Waals surface area (Å²) in [5, 5.41) is 9.90. The molecule has 0 aliphatic heterocycles. The molecule has 0 atom stereocenters. The molecule has 92 valence electrons. The Labute approximate surface area is 96.2 Å². The molecule has 0 radical (unpaired) electrons. The minimum atomic E-state index is -0.0551. The normalized spacial score (nSPS) is 24.8. The monoisotopic (exact) mass is 227 g/mol. The minimum absolute atomic E-state index is 0.0208. The van der Waals surface area contributed by atoms with Crippen LogP contribution in [0, 0.1) is 17.2 Å². The summed E-state index contributed by atoms with van der Waals surface area (Å²) in [5.74, 6) is 0.566. The zero-order valence-electron chi connectivity index (χ0n) is 9.79. The van der Waals surface area contributed by atoms with Crippen LogP contribution in [0.3, 0.4) is 0 Å². The van der Waals surface area contributed by atoms with Gasteiger partial charge in [0.15, 0.2) is 5.96 Å². The van der Waals surface area contributed by atoms with Gasteiger partial charge in [-0.05, 0) is 38.5 Å². The van der Waals surface area contributed by atoms with E-state index in [1.54, 1.807) is 0 Å². The van der Waals surface area contributed by atoms with Gasteiger partial charge in [0.1, 0.15) is 0 Å². The van der Waals surface area contributed by atoms with E-state index >= 15 is 0 Å². The van der Waals surface area contributed by atoms with Crippen LogP contribution in [0.2, 0.25) is 0 Å². The molecule has 0 bridgehead atoms. The third-order valence-corrected chi connectivity index (χ3v) is 3.05. The van der Waals surface area contributed by atoms with Crippen molar-refractivity contribution in [2.45, 2.75) is 32.6 Å². The summed E-state index contributed by atoms with van der Waals surface area (Å²) < 4.78 is 5.01. The maximum Gasteiger partial charge on any atom is 0.308 e. The molecule has 0 aromatic rings. The number of hydrogen-bond donors (Lipinski definition) is 3. The van der Waals surface area contributed by atoms with E-state index in [1.807, 2.05) is 6.92 Å². The van der Waals surface area contributed by atoms with Gasteiger partial charge in [-0.1, -0.05) is 0 Å². The fourth-order valence-corrected chi connectivity index (χ4v) is 2.12. The molecule has 1 aliphatic rings. The van der Waals surface area contributed by atoms with Gasteiger partial charge in [0.2, 0.25) is 0 Å². The molecular formula is C11H21N3O2. The molecule has 16 heavy (non-hydrogen) atoms. The molecule has 1 saturated carbocycles. The zero-order valence-corrected chi connectivity index (χ0v) is 9.79. The highest BCUT2D eigenvalue weighted by Gasteiger charge is 2.26. The van der Waals surface area contributed by atoms with Crippen LogP contribution in [0.15, 0.2) is 0 Å². The van der Waals surface area contributed by atoms with E-state index in [9.17, 15) is 4.79 Å². The predicted octanol–water partition coefficient (Wildman–Crippen LogP) is 0.839. The molecule has 5 nitrogen and oxygen atoms in total. The quantitative estimate of drug-likeness (QED) is 0.377. The maximum atomic E-state index is 11.5. The SMILES string of the molecule is CCOC(=O)[C@H]1CC[C@H](CNC(=N)N)CC1. The molecule has 1 aliphatic carbocycles. The van der Waals surface area contributed by atoms with Gasteiger partial charge in [0, 0.05) is 6.54 Å². The molecule has 0 heterocycles. The Morgan fingerprint density at radius 1 is 1.44 bits per heavy atom. The molecule has 0 aromatic heterocycles. The number of carbonyl (C=O) groups is 1. The van der Waals surface area contributed by atoms with E-state index in [0.29, 0.717) is 12.5 Å². The number of nitrogens with two attached hydrogens (primary N) is 1. The van der Waals surface area contributed by atoms with Crippen molar-refractivity contribution in [1.82, 2.24) is 5.32 Å². The number of esters is 1. The first-order valence-corrected chi connectivity index (χ1v) is 5.88. The molecule has 5 heteroatoms. The van der Waals surface area contributed by atoms with E-state index in [0.717, 1.165) is 32.2 Å². The van der Waals surface area contributed by atoms with Crippen LogP contribution < -0.4 is 11.1 Å². The van der Waals surface area contributed by atoms with Crippen LogP contribution in [0.5, 0.6) is 0 Å². The Kier molecular flexibility index (Phi) is 5.08. The molecule has 4 N–H and O–H groups in total. The Morgan fingerprint density at radius 3 is 2.56 bits per heavy atom. The summed E-state index contributed by atoms with van der Waals surface area (Å²) in [6.45, 7) is 3.04. The van der Waals surface area contributed by atoms with Gasteiger partial charge < -0.3 is 15.8 Å². The van der Waals surface area contributed by atoms with Crippen LogP contribution in [0.1, 0.15) is 32.6 Å². The number of carbonyl (C=O) groups excluding carboxylic acids is 1. The van der Waals surface area contributed by atoms with Crippen LogP contribution in [-0.4, -0.2) is 25.1 Å². The number of guanidine groups is 1. The zero-order chi connectivity index (χ0) is 12.0. The standard InChI is InChI=1S/C11H21N3O2/c1-2-16-10(15)9-5-3-8(4-6-9)7-14-11(12)13/h8-9H,2-7H2,1H3,(H4,12,13,14)/t8-,9-. The molecule has 1 rings (SSSR count). The van der Waals surface area contributed by atoms with Crippen LogP contribution in [0.4, 0.5) is 0 Å². The summed E-state index contributed by atoms with van der Waals surface area (Å²) >= 11 is 0. The molecule has 0 spiro atoms. The van der Waals surface area contributed by atoms with Crippen molar-refractivity contribution in [3.05, 3.63) is 0 Å². The van der Waals surface area contributed by atoms with Crippen LogP contribution in [0.25, 0.3) is 0 Å². The van der Waals surface area contributed by atoms with Crippen molar-refractivity contribution in [2.75, 3.05) is 13.2 Å². The van der Waals surface area contributed by atoms with E-state index < -0.39 is 0 Å². The Hall–Kier alpha value is -1.26. The lowest BCUT2D eigenvalue weighted by molar-refractivity contribution is -0.149. The van der Waals surface area contributed by atoms with Crippen molar-refractivity contribution in [3.8, 4) is 0 Å². The van der Waals surface area contributed by atoms with E-state index in [2.05, 4.69) is 5.32 Å². The Bertz CT molecular complexity index is 248. The lowest BCUT2D eigenvalue weighted by Crippen LogP contribution is -2.36. The summed E-state index contributed by atoms with van der Waals surface area (Å²) in [7, 11) is 0. The second-order valence-corrected chi connectivity index (χ2v) is 4.26. The number of ether oxygens (including phenoxy) is 1. The van der Waals surface area contributed by atoms with Crippen LogP contribution in [-0.2, 0) is 9.53 Å². The molecule has 0 saturated heterocycles. The second kappa shape index (κ2) is 6.35. The van der Waals surface area contributed by atoms with Crippen molar-refractivity contribution >= 4 is 11.9 Å². The summed E-state index contributed by atoms with van der Waals surface area (Å²) in [6, 6.07) is 0. The van der Waals surface area contributed by atoms with Gasteiger partial charge in [-0.3, -0.25) is 10.2 Å². The first-order chi connectivity index (χ1) is 7.63. The highest BCUT2D eigenvalue weighted by atomic mass is 16.5. The topological polar surface area (TPSA) is 88.2 Å². The smallest absolute Gasteiger partial charge is 0.308 e. The fraction of sp³-hybridized carbons (Fsp3) is 0.818. The van der Waals surface area contributed by atoms with Gasteiger partial charge in [-0.25, -0.2) is 0 Å². The molecule has 0 unspecified atom stereocenters. The Balaban J connectivity index is 2.23. The van der Waals surface area contributed by atoms with Gasteiger partial charge in [-0.2, -0.15) is 0 Å². The Morgan fingerprint density at radius 2 is 2.06 bits per heavy atom. The number of rotatable bonds is 4. The number of hydrogen-bond acceptors (Lipinski definition) is 3. The van der Waals surface area contributed by atoms with Gasteiger partial charge >= 0.3 is 5.97 Å². The second-order valence-electron chi connectivity index (χ2n) is 4.26. The van der Waals surface area contributed by atoms with Gasteiger partial charge in [0.25, 0.3) is 0 Å². The first kappa shape index (κ1) is 12.8. The molecule has 0 amide bonds. The summed E-state index contributed by atoms with van der Waals surface area (Å²) in [4.78, 5) is 11.5. The highest BCUT2D eigenvalue weighted by Crippen LogP contribution is 2.29. The first-order valence-electron chi connectivity index (χ1n) is 5.88. The predicted molar refractivity (Wildman–Crippen MR) is 62.0 cm³/mol. The van der Waals surface area contributed by atoms with Gasteiger partial charge in [0.05, 0.1) is 12.5 Å². The fourth-order valence-electron chi connectivity index (χ4n) is 2.12. The minimum Gasteiger partial charge on any atom is -0.466 e. The summed E-state index contributed by atoms with van der Waals surface area (Å²) in [6.07, 6.45) is 3.79. The number of nitrogens with one attached hydrogen (secondary N) is 2. The highest BCUT2D eigenvalue weighted by molar-refractivity contribution is 5.74. The third kappa shape index (κ3) is 4.08. The van der Waals surface area contributed by atoms with Crippen LogP contribution >= 0.6 is 0 Å². The van der Waals surface area contributed by atoms with E-state index in [1.165, 1.54) is 0 Å². The van der Waals surface area contributed by atoms with Crippen molar-refractivity contribution in [1.29, 1.82) is 5.41 Å². The van der Waals surface area contributed by atoms with E-state index in [4.69, 9.17) is 15.9 Å². The van der Waals surface area contributed by atoms with Crippen molar-refractivity contribution in [2.24, 2.45) is 17.6 Å².